The molecule has 4 heteroatoms. The van der Waals surface area contributed by atoms with E-state index < -0.39 is 6.10 Å². The summed E-state index contributed by atoms with van der Waals surface area (Å²) in [6, 6.07) is 14.1. The fraction of sp³-hybridized carbons (Fsp3) is 0.350. The standard InChI is InChI=1S/C20H24FNO2/c1-14(19(23)22-13-15-7-5-6-8-18(15)21)24-17-11-9-16(10-12-17)20(2,3)4/h5-12,14H,13H2,1-4H3,(H,22,23)/t14-/m1/s1. The van der Waals surface area contributed by atoms with Crippen LogP contribution in [0.4, 0.5) is 4.39 Å². The number of hydrogen-bond acceptors (Lipinski definition) is 2. The van der Waals surface area contributed by atoms with Gasteiger partial charge in [0.05, 0.1) is 0 Å². The van der Waals surface area contributed by atoms with Crippen LogP contribution in [-0.2, 0) is 16.8 Å². The van der Waals surface area contributed by atoms with Gasteiger partial charge in [-0.3, -0.25) is 4.79 Å². The van der Waals surface area contributed by atoms with Crippen molar-refractivity contribution in [2.24, 2.45) is 0 Å². The molecule has 1 amide bonds. The molecule has 1 N–H and O–H groups in total. The zero-order valence-electron chi connectivity index (χ0n) is 14.6. The second kappa shape index (κ2) is 7.47. The van der Waals surface area contributed by atoms with Gasteiger partial charge in [-0.1, -0.05) is 51.1 Å². The third-order valence-electron chi connectivity index (χ3n) is 3.81. The van der Waals surface area contributed by atoms with Gasteiger partial charge in [-0.15, -0.1) is 0 Å². The van der Waals surface area contributed by atoms with Gasteiger partial charge in [0.2, 0.25) is 0 Å². The fourth-order valence-electron chi connectivity index (χ4n) is 2.26. The van der Waals surface area contributed by atoms with Crippen LogP contribution >= 0.6 is 0 Å². The van der Waals surface area contributed by atoms with Crippen LogP contribution < -0.4 is 10.1 Å². The third kappa shape index (κ3) is 4.82. The predicted octanol–water partition coefficient (Wildman–Crippen LogP) is 4.21. The quantitative estimate of drug-likeness (QED) is 0.892. The SMILES string of the molecule is C[C@@H](Oc1ccc(C(C)(C)C)cc1)C(=O)NCc1ccccc1F. The van der Waals surface area contributed by atoms with E-state index in [9.17, 15) is 9.18 Å². The molecule has 0 unspecified atom stereocenters. The predicted molar refractivity (Wildman–Crippen MR) is 93.5 cm³/mol. The van der Waals surface area contributed by atoms with Crippen molar-refractivity contribution in [2.75, 3.05) is 0 Å². The Morgan fingerprint density at radius 2 is 1.75 bits per heavy atom. The Labute approximate surface area is 142 Å². The molecule has 3 nitrogen and oxygen atoms in total. The van der Waals surface area contributed by atoms with E-state index in [-0.39, 0.29) is 23.7 Å². The van der Waals surface area contributed by atoms with E-state index >= 15 is 0 Å². The summed E-state index contributed by atoms with van der Waals surface area (Å²) >= 11 is 0. The maximum atomic E-state index is 13.5. The molecule has 0 spiro atoms. The molecular formula is C20H24FNO2. The number of benzene rings is 2. The number of halogens is 1. The van der Waals surface area contributed by atoms with E-state index in [1.165, 1.54) is 11.6 Å². The summed E-state index contributed by atoms with van der Waals surface area (Å²) in [5.74, 6) is 0.0267. The molecule has 0 aliphatic rings. The van der Waals surface area contributed by atoms with Crippen LogP contribution in [0.15, 0.2) is 48.5 Å². The van der Waals surface area contributed by atoms with E-state index in [0.29, 0.717) is 11.3 Å². The molecule has 0 aliphatic carbocycles. The Kier molecular flexibility index (Phi) is 5.60. The number of carbonyl (C=O) groups is 1. The minimum atomic E-state index is -0.655. The van der Waals surface area contributed by atoms with Crippen LogP contribution in [0.25, 0.3) is 0 Å². The van der Waals surface area contributed by atoms with Gasteiger partial charge in [0.1, 0.15) is 11.6 Å². The van der Waals surface area contributed by atoms with Gasteiger partial charge in [0, 0.05) is 12.1 Å². The molecule has 0 heterocycles. The van der Waals surface area contributed by atoms with Gasteiger partial charge in [-0.25, -0.2) is 4.39 Å². The van der Waals surface area contributed by atoms with Crippen molar-refractivity contribution in [1.29, 1.82) is 0 Å². The monoisotopic (exact) mass is 329 g/mol. The van der Waals surface area contributed by atoms with Crippen molar-refractivity contribution in [3.05, 3.63) is 65.5 Å². The molecule has 0 saturated heterocycles. The van der Waals surface area contributed by atoms with Crippen molar-refractivity contribution < 1.29 is 13.9 Å². The molecule has 0 aliphatic heterocycles. The summed E-state index contributed by atoms with van der Waals surface area (Å²) in [4.78, 5) is 12.1. The highest BCUT2D eigenvalue weighted by Crippen LogP contribution is 2.24. The average Bonchev–Trinajstić information content (AvgIpc) is 2.53. The maximum absolute atomic E-state index is 13.5. The molecule has 0 saturated carbocycles. The Morgan fingerprint density at radius 1 is 1.12 bits per heavy atom. The van der Waals surface area contributed by atoms with Gasteiger partial charge < -0.3 is 10.1 Å². The second-order valence-corrected chi connectivity index (χ2v) is 6.84. The van der Waals surface area contributed by atoms with Gasteiger partial charge in [-0.05, 0) is 36.1 Å². The molecule has 2 rings (SSSR count). The first-order valence-corrected chi connectivity index (χ1v) is 8.05. The number of rotatable bonds is 5. The topological polar surface area (TPSA) is 38.3 Å². The molecule has 2 aromatic rings. The molecule has 128 valence electrons. The number of nitrogens with one attached hydrogen (secondary N) is 1. The smallest absolute Gasteiger partial charge is 0.261 e. The van der Waals surface area contributed by atoms with E-state index in [0.717, 1.165) is 0 Å². The van der Waals surface area contributed by atoms with Crippen LogP contribution in [-0.4, -0.2) is 12.0 Å². The van der Waals surface area contributed by atoms with Crippen LogP contribution in [0.5, 0.6) is 5.75 Å². The van der Waals surface area contributed by atoms with Crippen molar-refractivity contribution in [1.82, 2.24) is 5.32 Å². The first-order valence-electron chi connectivity index (χ1n) is 8.05. The summed E-state index contributed by atoms with van der Waals surface area (Å²) in [6.45, 7) is 8.24. The fourth-order valence-corrected chi connectivity index (χ4v) is 2.26. The molecule has 2 aromatic carbocycles. The Hall–Kier alpha value is -2.36. The first kappa shape index (κ1) is 18.0. The van der Waals surface area contributed by atoms with Crippen molar-refractivity contribution >= 4 is 5.91 Å². The largest absolute Gasteiger partial charge is 0.481 e. The van der Waals surface area contributed by atoms with E-state index in [1.807, 2.05) is 24.3 Å². The Morgan fingerprint density at radius 3 is 2.33 bits per heavy atom. The highest BCUT2D eigenvalue weighted by molar-refractivity contribution is 5.80. The van der Waals surface area contributed by atoms with Gasteiger partial charge in [-0.2, -0.15) is 0 Å². The summed E-state index contributed by atoms with van der Waals surface area (Å²) in [7, 11) is 0. The van der Waals surface area contributed by atoms with Crippen molar-refractivity contribution in [3.63, 3.8) is 0 Å². The lowest BCUT2D eigenvalue weighted by Crippen LogP contribution is -2.36. The lowest BCUT2D eigenvalue weighted by atomic mass is 9.87. The summed E-state index contributed by atoms with van der Waals surface area (Å²) in [5.41, 5.74) is 1.72. The Balaban J connectivity index is 1.91. The highest BCUT2D eigenvalue weighted by atomic mass is 19.1. The minimum absolute atomic E-state index is 0.0707. The van der Waals surface area contributed by atoms with E-state index in [2.05, 4.69) is 26.1 Å². The van der Waals surface area contributed by atoms with E-state index in [4.69, 9.17) is 4.74 Å². The zero-order chi connectivity index (χ0) is 17.7. The van der Waals surface area contributed by atoms with Crippen LogP contribution in [0, 0.1) is 5.82 Å². The molecule has 0 fully saturated rings. The van der Waals surface area contributed by atoms with Crippen LogP contribution in [0.2, 0.25) is 0 Å². The van der Waals surface area contributed by atoms with Crippen molar-refractivity contribution in [3.8, 4) is 5.75 Å². The molecular weight excluding hydrogens is 305 g/mol. The number of carbonyl (C=O) groups excluding carboxylic acids is 1. The minimum Gasteiger partial charge on any atom is -0.481 e. The summed E-state index contributed by atoms with van der Waals surface area (Å²) in [6.07, 6.45) is -0.655. The lowest BCUT2D eigenvalue weighted by Gasteiger charge is -2.20. The van der Waals surface area contributed by atoms with Crippen molar-refractivity contribution in [2.45, 2.75) is 45.8 Å². The molecule has 1 atom stereocenters. The van der Waals surface area contributed by atoms with Gasteiger partial charge >= 0.3 is 0 Å². The normalized spacial score (nSPS) is 12.5. The molecule has 24 heavy (non-hydrogen) atoms. The van der Waals surface area contributed by atoms with E-state index in [1.54, 1.807) is 25.1 Å². The second-order valence-electron chi connectivity index (χ2n) is 6.84. The highest BCUT2D eigenvalue weighted by Gasteiger charge is 2.16. The summed E-state index contributed by atoms with van der Waals surface area (Å²) in [5, 5.41) is 2.69. The number of ether oxygens (including phenoxy) is 1. The third-order valence-corrected chi connectivity index (χ3v) is 3.81. The molecule has 0 radical (unpaired) electrons. The number of amides is 1. The van der Waals surface area contributed by atoms with Crippen LogP contribution in [0.1, 0.15) is 38.8 Å². The van der Waals surface area contributed by atoms with Gasteiger partial charge in [0.25, 0.3) is 5.91 Å². The summed E-state index contributed by atoms with van der Waals surface area (Å²) < 4.78 is 19.2. The first-order chi connectivity index (χ1) is 11.3. The Bertz CT molecular complexity index is 690. The number of hydrogen-bond donors (Lipinski definition) is 1. The average molecular weight is 329 g/mol. The molecule has 0 aromatic heterocycles. The van der Waals surface area contributed by atoms with Crippen LogP contribution in [0.3, 0.4) is 0 Å². The maximum Gasteiger partial charge on any atom is 0.261 e. The molecule has 0 bridgehead atoms. The zero-order valence-corrected chi connectivity index (χ0v) is 14.6. The lowest BCUT2D eigenvalue weighted by molar-refractivity contribution is -0.127. The van der Waals surface area contributed by atoms with Gasteiger partial charge in [0.15, 0.2) is 6.10 Å².